The molecule has 74 valence electrons. The summed E-state index contributed by atoms with van der Waals surface area (Å²) in [5, 5.41) is 0.709. The van der Waals surface area contributed by atoms with E-state index >= 15 is 0 Å². The molecule has 1 aliphatic rings. The first-order valence-electron chi connectivity index (χ1n) is 4.35. The van der Waals surface area contributed by atoms with Crippen LogP contribution in [-0.4, -0.2) is 12.5 Å². The molecule has 0 aliphatic carbocycles. The van der Waals surface area contributed by atoms with Crippen LogP contribution in [0.5, 0.6) is 0 Å². The van der Waals surface area contributed by atoms with Crippen LogP contribution in [0.2, 0.25) is 5.02 Å². The van der Waals surface area contributed by atoms with Gasteiger partial charge in [0, 0.05) is 23.0 Å². The van der Waals surface area contributed by atoms with Crippen LogP contribution in [0.15, 0.2) is 16.6 Å². The molecule has 1 aromatic carbocycles. The van der Waals surface area contributed by atoms with Gasteiger partial charge >= 0.3 is 0 Å². The second kappa shape index (κ2) is 3.55. The van der Waals surface area contributed by atoms with Crippen LogP contribution in [0.1, 0.15) is 12.5 Å². The number of amides is 1. The van der Waals surface area contributed by atoms with E-state index in [1.807, 2.05) is 12.1 Å². The van der Waals surface area contributed by atoms with Crippen LogP contribution in [0, 0.1) is 0 Å². The lowest BCUT2D eigenvalue weighted by Gasteiger charge is -2.16. The lowest BCUT2D eigenvalue weighted by molar-refractivity contribution is -0.116. The predicted octanol–water partition coefficient (Wildman–Crippen LogP) is 3.01. The maximum Gasteiger partial charge on any atom is 0.223 e. The number of nitrogens with zero attached hydrogens (tertiary/aromatic N) is 1. The Hall–Kier alpha value is -0.540. The van der Waals surface area contributed by atoms with Crippen LogP contribution in [0.3, 0.4) is 0 Å². The highest BCUT2D eigenvalue weighted by Crippen LogP contribution is 2.37. The van der Waals surface area contributed by atoms with E-state index in [-0.39, 0.29) is 5.91 Å². The molecule has 2 rings (SSSR count). The van der Waals surface area contributed by atoms with Crippen molar-refractivity contribution in [2.75, 3.05) is 11.4 Å². The minimum atomic E-state index is 0.0757. The van der Waals surface area contributed by atoms with Crippen molar-refractivity contribution in [2.45, 2.75) is 13.3 Å². The van der Waals surface area contributed by atoms with Gasteiger partial charge < -0.3 is 4.90 Å². The van der Waals surface area contributed by atoms with Gasteiger partial charge in [0.15, 0.2) is 0 Å². The molecule has 0 unspecified atom stereocenters. The van der Waals surface area contributed by atoms with Gasteiger partial charge in [0.05, 0.1) is 5.69 Å². The van der Waals surface area contributed by atoms with E-state index in [0.29, 0.717) is 5.02 Å². The first-order valence-corrected chi connectivity index (χ1v) is 5.52. The zero-order valence-electron chi connectivity index (χ0n) is 7.68. The Bertz CT molecular complexity index is 405. The van der Waals surface area contributed by atoms with Gasteiger partial charge in [-0.15, -0.1) is 0 Å². The van der Waals surface area contributed by atoms with Crippen LogP contribution in [0.25, 0.3) is 0 Å². The summed E-state index contributed by atoms with van der Waals surface area (Å²) in [4.78, 5) is 13.1. The summed E-state index contributed by atoms with van der Waals surface area (Å²) < 4.78 is 0.896. The van der Waals surface area contributed by atoms with Crippen molar-refractivity contribution < 1.29 is 4.79 Å². The number of anilines is 1. The number of hydrogen-bond donors (Lipinski definition) is 0. The molecule has 0 aromatic heterocycles. The smallest absolute Gasteiger partial charge is 0.223 e. The quantitative estimate of drug-likeness (QED) is 0.712. The number of hydrogen-bond acceptors (Lipinski definition) is 1. The summed E-state index contributed by atoms with van der Waals surface area (Å²) in [5.74, 6) is 0.0757. The van der Waals surface area contributed by atoms with Crippen molar-refractivity contribution in [2.24, 2.45) is 0 Å². The second-order valence-electron chi connectivity index (χ2n) is 3.32. The number of rotatable bonds is 0. The van der Waals surface area contributed by atoms with Crippen molar-refractivity contribution >= 4 is 39.1 Å². The Morgan fingerprint density at radius 1 is 1.57 bits per heavy atom. The number of carbonyl (C=O) groups excluding carboxylic acids is 1. The summed E-state index contributed by atoms with van der Waals surface area (Å²) in [6.07, 6.45) is 0.883. The molecule has 0 spiro atoms. The third-order valence-corrected chi connectivity index (χ3v) is 3.18. The Morgan fingerprint density at radius 3 is 2.93 bits per heavy atom. The van der Waals surface area contributed by atoms with Crippen LogP contribution in [0.4, 0.5) is 5.69 Å². The summed E-state index contributed by atoms with van der Waals surface area (Å²) in [7, 11) is 0. The van der Waals surface area contributed by atoms with Gasteiger partial charge in [-0.1, -0.05) is 11.6 Å². The SMILES string of the molecule is CC(=O)N1CCc2cc(Cl)cc(Br)c21. The van der Waals surface area contributed by atoms with Gasteiger partial charge in [0.1, 0.15) is 0 Å². The van der Waals surface area contributed by atoms with E-state index in [1.165, 1.54) is 0 Å². The molecule has 1 heterocycles. The maximum absolute atomic E-state index is 11.3. The van der Waals surface area contributed by atoms with Gasteiger partial charge in [-0.3, -0.25) is 4.79 Å². The van der Waals surface area contributed by atoms with E-state index < -0.39 is 0 Å². The van der Waals surface area contributed by atoms with Gasteiger partial charge in [-0.05, 0) is 40.0 Å². The maximum atomic E-state index is 11.3. The molecular formula is C10H9BrClNO. The largest absolute Gasteiger partial charge is 0.311 e. The Kier molecular flexibility index (Phi) is 2.54. The fourth-order valence-corrected chi connectivity index (χ4v) is 2.86. The third-order valence-electron chi connectivity index (χ3n) is 2.36. The molecule has 1 aliphatic heterocycles. The van der Waals surface area contributed by atoms with Crippen LogP contribution < -0.4 is 4.90 Å². The first kappa shape index (κ1) is 9.99. The summed E-state index contributed by atoms with van der Waals surface area (Å²) >= 11 is 9.35. The molecule has 0 fully saturated rings. The van der Waals surface area contributed by atoms with Crippen molar-refractivity contribution in [3.8, 4) is 0 Å². The average Bonchev–Trinajstić information content (AvgIpc) is 2.47. The second-order valence-corrected chi connectivity index (χ2v) is 4.61. The normalized spacial score (nSPS) is 14.4. The Balaban J connectivity index is 2.54. The molecule has 0 radical (unpaired) electrons. The highest BCUT2D eigenvalue weighted by atomic mass is 79.9. The van der Waals surface area contributed by atoms with E-state index in [9.17, 15) is 4.79 Å². The van der Waals surface area contributed by atoms with E-state index in [1.54, 1.807) is 11.8 Å². The standard InChI is InChI=1S/C10H9BrClNO/c1-6(14)13-3-2-7-4-8(12)5-9(11)10(7)13/h4-5H,2-3H2,1H3. The molecule has 0 bridgehead atoms. The molecular weight excluding hydrogens is 265 g/mol. The van der Waals surface area contributed by atoms with E-state index in [2.05, 4.69) is 15.9 Å². The van der Waals surface area contributed by atoms with Gasteiger partial charge in [0.2, 0.25) is 5.91 Å². The minimum absolute atomic E-state index is 0.0757. The zero-order valence-corrected chi connectivity index (χ0v) is 10.0. The number of benzene rings is 1. The Labute approximate surface area is 96.0 Å². The van der Waals surface area contributed by atoms with Gasteiger partial charge in [-0.2, -0.15) is 0 Å². The van der Waals surface area contributed by atoms with Crippen molar-refractivity contribution in [3.05, 3.63) is 27.2 Å². The molecule has 1 amide bonds. The van der Waals surface area contributed by atoms with Crippen molar-refractivity contribution in [1.29, 1.82) is 0 Å². The number of carbonyl (C=O) groups is 1. The summed E-state index contributed by atoms with van der Waals surface area (Å²) in [5.41, 5.74) is 2.11. The van der Waals surface area contributed by atoms with Crippen LogP contribution in [-0.2, 0) is 11.2 Å². The van der Waals surface area contributed by atoms with Gasteiger partial charge in [-0.25, -0.2) is 0 Å². The predicted molar refractivity (Wildman–Crippen MR) is 60.9 cm³/mol. The summed E-state index contributed by atoms with van der Waals surface area (Å²) in [6, 6.07) is 3.74. The van der Waals surface area contributed by atoms with E-state index in [4.69, 9.17) is 11.6 Å². The lowest BCUT2D eigenvalue weighted by Crippen LogP contribution is -2.26. The number of fused-ring (bicyclic) bond motifs is 1. The van der Waals surface area contributed by atoms with Crippen molar-refractivity contribution in [1.82, 2.24) is 0 Å². The van der Waals surface area contributed by atoms with Gasteiger partial charge in [0.25, 0.3) is 0 Å². The fourth-order valence-electron chi connectivity index (χ4n) is 1.77. The molecule has 0 atom stereocenters. The molecule has 0 N–H and O–H groups in total. The molecule has 14 heavy (non-hydrogen) atoms. The van der Waals surface area contributed by atoms with Crippen molar-refractivity contribution in [3.63, 3.8) is 0 Å². The lowest BCUT2D eigenvalue weighted by atomic mass is 10.2. The highest BCUT2D eigenvalue weighted by Gasteiger charge is 2.24. The highest BCUT2D eigenvalue weighted by molar-refractivity contribution is 9.10. The van der Waals surface area contributed by atoms with Crippen LogP contribution >= 0.6 is 27.5 Å². The molecule has 4 heteroatoms. The van der Waals surface area contributed by atoms with E-state index in [0.717, 1.165) is 28.7 Å². The Morgan fingerprint density at radius 2 is 2.29 bits per heavy atom. The number of halogens is 2. The molecule has 0 saturated carbocycles. The monoisotopic (exact) mass is 273 g/mol. The fraction of sp³-hybridized carbons (Fsp3) is 0.300. The molecule has 1 aromatic rings. The third kappa shape index (κ3) is 1.55. The minimum Gasteiger partial charge on any atom is -0.311 e. The molecule has 0 saturated heterocycles. The summed E-state index contributed by atoms with van der Waals surface area (Å²) in [6.45, 7) is 2.33. The average molecular weight is 275 g/mol. The first-order chi connectivity index (χ1) is 6.59. The molecule has 2 nitrogen and oxygen atoms in total. The zero-order chi connectivity index (χ0) is 10.3. The topological polar surface area (TPSA) is 20.3 Å².